The third-order valence-corrected chi connectivity index (χ3v) is 7.62. The molecule has 0 bridgehead atoms. The van der Waals surface area contributed by atoms with Crippen LogP contribution in [0.25, 0.3) is 0 Å². The summed E-state index contributed by atoms with van der Waals surface area (Å²) in [4.78, 5) is 25.5. The Morgan fingerprint density at radius 3 is 2.41 bits per heavy atom. The maximum absolute atomic E-state index is 12.5. The predicted molar refractivity (Wildman–Crippen MR) is 124 cm³/mol. The van der Waals surface area contributed by atoms with Crippen LogP contribution in [0.1, 0.15) is 66.4 Å². The maximum Gasteiger partial charge on any atom is 0.335 e. The van der Waals surface area contributed by atoms with E-state index in [0.29, 0.717) is 30.8 Å². The van der Waals surface area contributed by atoms with Gasteiger partial charge in [-0.3, -0.25) is 4.79 Å². The summed E-state index contributed by atoms with van der Waals surface area (Å²) in [5, 5.41) is 20.9. The van der Waals surface area contributed by atoms with Crippen LogP contribution in [0.2, 0.25) is 5.02 Å². The first kappa shape index (κ1) is 22.8. The zero-order valence-corrected chi connectivity index (χ0v) is 18.9. The Hall–Kier alpha value is -2.37. The molecule has 1 heterocycles. The number of aromatic carboxylic acids is 1. The van der Waals surface area contributed by atoms with Gasteiger partial charge in [0.15, 0.2) is 0 Å². The van der Waals surface area contributed by atoms with Crippen molar-refractivity contribution in [2.24, 2.45) is 0 Å². The van der Waals surface area contributed by atoms with Gasteiger partial charge in [-0.1, -0.05) is 42.3 Å². The molecule has 2 aromatic carbocycles. The number of aliphatic hydroxyl groups is 1. The van der Waals surface area contributed by atoms with Crippen LogP contribution in [0.3, 0.4) is 0 Å². The Morgan fingerprint density at radius 1 is 1.12 bits per heavy atom. The highest BCUT2D eigenvalue weighted by atomic mass is 35.5. The van der Waals surface area contributed by atoms with Crippen LogP contribution in [-0.2, 0) is 16.6 Å². The van der Waals surface area contributed by atoms with Crippen molar-refractivity contribution in [1.29, 1.82) is 0 Å². The van der Waals surface area contributed by atoms with E-state index in [-0.39, 0.29) is 22.9 Å². The third-order valence-electron chi connectivity index (χ3n) is 7.37. The van der Waals surface area contributed by atoms with Crippen molar-refractivity contribution < 1.29 is 19.8 Å². The molecule has 2 aromatic rings. The van der Waals surface area contributed by atoms with E-state index in [2.05, 4.69) is 0 Å². The normalized spacial score (nSPS) is 20.8. The third kappa shape index (κ3) is 4.69. The number of nitrogens with zero attached hydrogens (tertiary/aromatic N) is 1. The van der Waals surface area contributed by atoms with Crippen LogP contribution in [0.4, 0.5) is 0 Å². The number of carboxylic acid groups (broad SMARTS) is 1. The fraction of sp³-hybridized carbons (Fsp3) is 0.462. The monoisotopic (exact) mass is 455 g/mol. The molecule has 170 valence electrons. The molecule has 2 atom stereocenters. The second-order valence-electron chi connectivity index (χ2n) is 9.14. The first-order valence-electron chi connectivity index (χ1n) is 11.4. The van der Waals surface area contributed by atoms with Gasteiger partial charge < -0.3 is 15.1 Å². The lowest BCUT2D eigenvalue weighted by atomic mass is 9.60. The minimum absolute atomic E-state index is 0.151. The zero-order valence-electron chi connectivity index (χ0n) is 18.2. The summed E-state index contributed by atoms with van der Waals surface area (Å²) in [7, 11) is 0. The van der Waals surface area contributed by atoms with E-state index in [9.17, 15) is 14.7 Å². The summed E-state index contributed by atoms with van der Waals surface area (Å²) in [6, 6.07) is 14.8. The zero-order chi connectivity index (χ0) is 22.7. The lowest BCUT2D eigenvalue weighted by Gasteiger charge is -2.46. The molecule has 2 aliphatic rings. The number of carboxylic acids is 1. The number of rotatable bonds is 9. The van der Waals surface area contributed by atoms with Gasteiger partial charge in [0, 0.05) is 29.4 Å². The van der Waals surface area contributed by atoms with E-state index in [1.54, 1.807) is 12.1 Å². The van der Waals surface area contributed by atoms with Crippen molar-refractivity contribution >= 4 is 23.5 Å². The molecule has 32 heavy (non-hydrogen) atoms. The van der Waals surface area contributed by atoms with Crippen LogP contribution < -0.4 is 0 Å². The molecule has 0 radical (unpaired) electrons. The minimum atomic E-state index is -0.937. The van der Waals surface area contributed by atoms with E-state index in [1.807, 2.05) is 41.3 Å². The molecule has 5 nitrogen and oxygen atoms in total. The quantitative estimate of drug-likeness (QED) is 0.567. The van der Waals surface area contributed by atoms with Crippen molar-refractivity contribution in [3.63, 3.8) is 0 Å². The Kier molecular flexibility index (Phi) is 6.87. The topological polar surface area (TPSA) is 77.8 Å². The molecule has 2 N–H and O–H groups in total. The van der Waals surface area contributed by atoms with Gasteiger partial charge in [-0.15, -0.1) is 0 Å². The van der Waals surface area contributed by atoms with Gasteiger partial charge >= 0.3 is 5.97 Å². The number of hydrogen-bond acceptors (Lipinski definition) is 3. The van der Waals surface area contributed by atoms with Gasteiger partial charge in [-0.2, -0.15) is 0 Å². The SMILES string of the molecule is O=C(O)c1ccc(CCN2C(=O)CCC2CCC(O)C2(c3ccc(Cl)cc3)CCC2)cc1. The Labute approximate surface area is 194 Å². The van der Waals surface area contributed by atoms with Crippen LogP contribution >= 0.6 is 11.6 Å². The minimum Gasteiger partial charge on any atom is -0.478 e. The Balaban J connectivity index is 1.35. The fourth-order valence-corrected chi connectivity index (χ4v) is 5.37. The molecule has 1 amide bonds. The molecular formula is C26H30ClNO4. The number of benzene rings is 2. The standard InChI is InChI=1S/C26H30ClNO4/c27-21-8-6-20(7-9-21)26(15-1-16-26)23(29)12-10-22-11-13-24(30)28(22)17-14-18-2-4-19(5-3-18)25(31)32/h2-9,22-23,29H,1,10-17H2,(H,31,32). The molecule has 2 unspecified atom stereocenters. The summed E-state index contributed by atoms with van der Waals surface area (Å²) in [6.45, 7) is 0.619. The number of halogens is 1. The molecule has 2 fully saturated rings. The fourth-order valence-electron chi connectivity index (χ4n) is 5.24. The summed E-state index contributed by atoms with van der Waals surface area (Å²) in [5.74, 6) is -0.768. The van der Waals surface area contributed by atoms with Crippen LogP contribution in [0, 0.1) is 0 Å². The highest BCUT2D eigenvalue weighted by molar-refractivity contribution is 6.30. The largest absolute Gasteiger partial charge is 0.478 e. The average molecular weight is 456 g/mol. The average Bonchev–Trinajstić information content (AvgIpc) is 3.11. The number of hydrogen-bond donors (Lipinski definition) is 2. The van der Waals surface area contributed by atoms with Gasteiger partial charge in [0.1, 0.15) is 0 Å². The lowest BCUT2D eigenvalue weighted by Crippen LogP contribution is -2.46. The van der Waals surface area contributed by atoms with Crippen LogP contribution in [0.15, 0.2) is 48.5 Å². The van der Waals surface area contributed by atoms with Crippen LogP contribution in [-0.4, -0.2) is 45.7 Å². The number of carbonyl (C=O) groups excluding carboxylic acids is 1. The van der Waals surface area contributed by atoms with Gasteiger partial charge in [0.05, 0.1) is 11.7 Å². The summed E-state index contributed by atoms with van der Waals surface area (Å²) in [6.07, 6.45) is 6.19. The van der Waals surface area contributed by atoms with Crippen molar-refractivity contribution in [3.8, 4) is 0 Å². The van der Waals surface area contributed by atoms with E-state index in [4.69, 9.17) is 16.7 Å². The van der Waals surface area contributed by atoms with Crippen molar-refractivity contribution in [1.82, 2.24) is 4.90 Å². The highest BCUT2D eigenvalue weighted by Crippen LogP contribution is 2.48. The maximum atomic E-state index is 12.5. The van der Waals surface area contributed by atoms with E-state index >= 15 is 0 Å². The van der Waals surface area contributed by atoms with Crippen LogP contribution in [0.5, 0.6) is 0 Å². The number of likely N-dealkylation sites (tertiary alicyclic amines) is 1. The number of carbonyl (C=O) groups is 2. The molecule has 1 aliphatic carbocycles. The van der Waals surface area contributed by atoms with E-state index < -0.39 is 12.1 Å². The smallest absolute Gasteiger partial charge is 0.335 e. The molecule has 0 spiro atoms. The van der Waals surface area contributed by atoms with Gasteiger partial charge in [-0.25, -0.2) is 4.79 Å². The van der Waals surface area contributed by atoms with Gasteiger partial charge in [0.2, 0.25) is 5.91 Å². The van der Waals surface area contributed by atoms with E-state index in [0.717, 1.165) is 43.2 Å². The molecule has 0 aromatic heterocycles. The highest BCUT2D eigenvalue weighted by Gasteiger charge is 2.45. The molecule has 6 heteroatoms. The van der Waals surface area contributed by atoms with E-state index in [1.165, 1.54) is 0 Å². The number of amides is 1. The second-order valence-corrected chi connectivity index (χ2v) is 9.58. The Morgan fingerprint density at radius 2 is 1.81 bits per heavy atom. The first-order valence-corrected chi connectivity index (χ1v) is 11.8. The molecule has 1 saturated heterocycles. The summed E-state index contributed by atoms with van der Waals surface area (Å²) >= 11 is 6.05. The van der Waals surface area contributed by atoms with Gasteiger partial charge in [-0.05, 0) is 73.9 Å². The van der Waals surface area contributed by atoms with Gasteiger partial charge in [0.25, 0.3) is 0 Å². The first-order chi connectivity index (χ1) is 15.4. The summed E-state index contributed by atoms with van der Waals surface area (Å²) in [5.41, 5.74) is 2.25. The summed E-state index contributed by atoms with van der Waals surface area (Å²) < 4.78 is 0. The predicted octanol–water partition coefficient (Wildman–Crippen LogP) is 4.83. The van der Waals surface area contributed by atoms with Crippen molar-refractivity contribution in [3.05, 3.63) is 70.2 Å². The molecule has 1 saturated carbocycles. The van der Waals surface area contributed by atoms with Crippen molar-refractivity contribution in [2.45, 2.75) is 68.9 Å². The molecular weight excluding hydrogens is 426 g/mol. The number of aliphatic hydroxyl groups excluding tert-OH is 1. The second kappa shape index (κ2) is 9.63. The Bertz CT molecular complexity index is 953. The van der Waals surface area contributed by atoms with Crippen molar-refractivity contribution in [2.75, 3.05) is 6.54 Å². The molecule has 4 rings (SSSR count). The lowest BCUT2D eigenvalue weighted by molar-refractivity contribution is -0.129. The molecule has 1 aliphatic heterocycles.